The van der Waals surface area contributed by atoms with E-state index < -0.39 is 30.4 Å². The molecule has 3 N–H and O–H groups in total. The Labute approximate surface area is 189 Å². The lowest BCUT2D eigenvalue weighted by Crippen LogP contribution is -2.42. The molecule has 172 valence electrons. The number of pyridine rings is 2. The summed E-state index contributed by atoms with van der Waals surface area (Å²) in [6.07, 6.45) is 1.87. The van der Waals surface area contributed by atoms with Gasteiger partial charge in [0.15, 0.2) is 11.5 Å². The van der Waals surface area contributed by atoms with Gasteiger partial charge in [0.25, 0.3) is 5.91 Å². The summed E-state index contributed by atoms with van der Waals surface area (Å²) in [7, 11) is 0. The third-order valence-corrected chi connectivity index (χ3v) is 5.10. The van der Waals surface area contributed by atoms with Gasteiger partial charge in [0.05, 0.1) is 34.6 Å². The molecule has 0 fully saturated rings. The number of fused-ring (bicyclic) bond motifs is 1. The van der Waals surface area contributed by atoms with E-state index in [1.807, 2.05) is 0 Å². The lowest BCUT2D eigenvalue weighted by atomic mass is 10.0. The summed E-state index contributed by atoms with van der Waals surface area (Å²) in [5.74, 6) is -0.263. The van der Waals surface area contributed by atoms with Crippen LogP contribution < -0.4 is 10.6 Å². The first-order valence-electron chi connectivity index (χ1n) is 10.1. The number of amides is 1. The first-order valence-corrected chi connectivity index (χ1v) is 10.5. The van der Waals surface area contributed by atoms with Crippen LogP contribution in [-0.4, -0.2) is 61.8 Å². The minimum Gasteiger partial charge on any atom is -0.387 e. The number of nitrogens with one attached hydrogen (secondary N) is 2. The van der Waals surface area contributed by atoms with Crippen molar-refractivity contribution in [1.82, 2.24) is 25.1 Å². The molecule has 0 aromatic carbocycles. The third kappa shape index (κ3) is 5.49. The van der Waals surface area contributed by atoms with Gasteiger partial charge in [-0.15, -0.1) is 0 Å². The summed E-state index contributed by atoms with van der Waals surface area (Å²) in [5.41, 5.74) is -0.685. The van der Waals surface area contributed by atoms with Gasteiger partial charge in [0, 0.05) is 30.4 Å². The predicted octanol–water partition coefficient (Wildman–Crippen LogP) is 3.47. The Hall–Kier alpha value is -2.85. The average Bonchev–Trinajstić information content (AvgIpc) is 3.17. The molecule has 1 amide bonds. The number of hydrogen-bond donors (Lipinski definition) is 3. The van der Waals surface area contributed by atoms with E-state index in [4.69, 9.17) is 11.6 Å². The number of rotatable bonds is 9. The smallest absolute Gasteiger partial charge is 0.255 e. The average molecular weight is 467 g/mol. The van der Waals surface area contributed by atoms with Crippen LogP contribution in [0.25, 0.3) is 16.9 Å². The maximum atomic E-state index is 14.0. The van der Waals surface area contributed by atoms with Crippen molar-refractivity contribution in [3.63, 3.8) is 0 Å². The number of carbonyl (C=O) groups is 1. The highest BCUT2D eigenvalue weighted by molar-refractivity contribution is 6.31. The molecule has 3 aromatic heterocycles. The zero-order chi connectivity index (χ0) is 23.5. The highest BCUT2D eigenvalue weighted by Crippen LogP contribution is 2.23. The number of aromatic nitrogens is 4. The van der Waals surface area contributed by atoms with E-state index in [1.54, 1.807) is 25.3 Å². The van der Waals surface area contributed by atoms with E-state index >= 15 is 0 Å². The Balaban J connectivity index is 1.92. The van der Waals surface area contributed by atoms with Gasteiger partial charge in [-0.05, 0) is 26.3 Å². The molecule has 3 aromatic rings. The number of nitrogens with zero attached hydrogens (tertiary/aromatic N) is 4. The fourth-order valence-electron chi connectivity index (χ4n) is 2.84. The second kappa shape index (κ2) is 9.74. The first kappa shape index (κ1) is 23.8. The number of alkyl halides is 2. The second-order valence-corrected chi connectivity index (χ2v) is 8.36. The standard InChI is InChI=1S/C21H25ClF2N6O2/c1-4-14(23)9-25-16-6-18(30-19-12(7-29-30)5-13(22)8-27-19)26-10-15(16)20(31)28-11-17(24)21(2,3)32/h5-8,10,14,17,32H,4,9,11H2,1-3H3,(H,25,26)(H,28,31)/t14-,17-/m1/s1. The molecule has 0 aliphatic rings. The number of aliphatic hydroxyl groups is 1. The summed E-state index contributed by atoms with van der Waals surface area (Å²) >= 11 is 5.97. The lowest BCUT2D eigenvalue weighted by molar-refractivity contribution is -0.00177. The van der Waals surface area contributed by atoms with Crippen LogP contribution >= 0.6 is 11.6 Å². The van der Waals surface area contributed by atoms with Gasteiger partial charge in [-0.25, -0.2) is 18.7 Å². The Bertz CT molecular complexity index is 1100. The molecule has 0 aliphatic heterocycles. The van der Waals surface area contributed by atoms with Crippen LogP contribution in [0.4, 0.5) is 14.5 Å². The van der Waals surface area contributed by atoms with E-state index in [9.17, 15) is 18.7 Å². The van der Waals surface area contributed by atoms with Crippen molar-refractivity contribution >= 4 is 34.2 Å². The van der Waals surface area contributed by atoms with Gasteiger partial charge in [-0.1, -0.05) is 18.5 Å². The molecule has 8 nitrogen and oxygen atoms in total. The van der Waals surface area contributed by atoms with Crippen molar-refractivity contribution < 1.29 is 18.7 Å². The summed E-state index contributed by atoms with van der Waals surface area (Å²) in [6.45, 7) is 3.93. The summed E-state index contributed by atoms with van der Waals surface area (Å²) in [6, 6.07) is 3.25. The molecule has 2 atom stereocenters. The van der Waals surface area contributed by atoms with Gasteiger partial charge in [0.1, 0.15) is 12.3 Å². The molecular formula is C21H25ClF2N6O2. The monoisotopic (exact) mass is 466 g/mol. The Morgan fingerprint density at radius 2 is 1.97 bits per heavy atom. The van der Waals surface area contributed by atoms with E-state index in [0.29, 0.717) is 34.0 Å². The first-order chi connectivity index (χ1) is 15.1. The Kier molecular flexibility index (Phi) is 7.25. The minimum absolute atomic E-state index is 0.0245. The normalized spacial score (nSPS) is 13.7. The largest absolute Gasteiger partial charge is 0.387 e. The van der Waals surface area contributed by atoms with E-state index in [-0.39, 0.29) is 12.1 Å². The SMILES string of the molecule is CC[C@@H](F)CNc1cc(-n2ncc3cc(Cl)cnc32)ncc1C(=O)NC[C@@H](F)C(C)(C)O. The number of halogens is 3. The van der Waals surface area contributed by atoms with Crippen LogP contribution in [0.3, 0.4) is 0 Å². The molecular weight excluding hydrogens is 442 g/mol. The Morgan fingerprint density at radius 1 is 1.22 bits per heavy atom. The van der Waals surface area contributed by atoms with Gasteiger partial charge in [-0.3, -0.25) is 4.79 Å². The molecule has 3 rings (SSSR count). The molecule has 0 aliphatic carbocycles. The molecule has 0 saturated heterocycles. The van der Waals surface area contributed by atoms with Gasteiger partial charge in [-0.2, -0.15) is 9.78 Å². The minimum atomic E-state index is -1.67. The molecule has 0 saturated carbocycles. The van der Waals surface area contributed by atoms with Crippen molar-refractivity contribution in [2.75, 3.05) is 18.4 Å². The number of anilines is 1. The van der Waals surface area contributed by atoms with Gasteiger partial charge >= 0.3 is 0 Å². The van der Waals surface area contributed by atoms with Crippen molar-refractivity contribution in [1.29, 1.82) is 0 Å². The zero-order valence-corrected chi connectivity index (χ0v) is 18.7. The van der Waals surface area contributed by atoms with Crippen molar-refractivity contribution in [2.45, 2.75) is 45.1 Å². The quantitative estimate of drug-likeness (QED) is 0.446. The maximum absolute atomic E-state index is 14.0. The molecule has 0 bridgehead atoms. The fourth-order valence-corrected chi connectivity index (χ4v) is 3.01. The van der Waals surface area contributed by atoms with E-state index in [2.05, 4.69) is 25.7 Å². The highest BCUT2D eigenvalue weighted by atomic mass is 35.5. The predicted molar refractivity (Wildman–Crippen MR) is 119 cm³/mol. The third-order valence-electron chi connectivity index (χ3n) is 4.89. The zero-order valence-electron chi connectivity index (χ0n) is 17.9. The van der Waals surface area contributed by atoms with Crippen LogP contribution in [-0.2, 0) is 0 Å². The van der Waals surface area contributed by atoms with Gasteiger partial charge in [0.2, 0.25) is 0 Å². The summed E-state index contributed by atoms with van der Waals surface area (Å²) in [4.78, 5) is 21.2. The molecule has 0 spiro atoms. The molecule has 0 radical (unpaired) electrons. The van der Waals surface area contributed by atoms with Crippen LogP contribution in [0, 0.1) is 0 Å². The number of carbonyl (C=O) groups excluding carboxylic acids is 1. The van der Waals surface area contributed by atoms with Crippen LogP contribution in [0.5, 0.6) is 0 Å². The van der Waals surface area contributed by atoms with Crippen molar-refractivity contribution in [2.24, 2.45) is 0 Å². The van der Waals surface area contributed by atoms with Crippen LogP contribution in [0.1, 0.15) is 37.6 Å². The van der Waals surface area contributed by atoms with E-state index in [0.717, 1.165) is 0 Å². The molecule has 0 unspecified atom stereocenters. The molecule has 3 heterocycles. The van der Waals surface area contributed by atoms with E-state index in [1.165, 1.54) is 30.9 Å². The molecule has 32 heavy (non-hydrogen) atoms. The maximum Gasteiger partial charge on any atom is 0.255 e. The van der Waals surface area contributed by atoms with Crippen molar-refractivity contribution in [3.8, 4) is 5.82 Å². The van der Waals surface area contributed by atoms with Gasteiger partial charge < -0.3 is 15.7 Å². The van der Waals surface area contributed by atoms with Crippen molar-refractivity contribution in [3.05, 3.63) is 41.3 Å². The highest BCUT2D eigenvalue weighted by Gasteiger charge is 2.27. The molecule has 11 heteroatoms. The van der Waals surface area contributed by atoms with Crippen LogP contribution in [0.2, 0.25) is 5.02 Å². The number of hydrogen-bond acceptors (Lipinski definition) is 6. The Morgan fingerprint density at radius 3 is 2.66 bits per heavy atom. The topological polar surface area (TPSA) is 105 Å². The lowest BCUT2D eigenvalue weighted by Gasteiger charge is -2.22. The summed E-state index contributed by atoms with van der Waals surface area (Å²) in [5, 5.41) is 20.5. The van der Waals surface area contributed by atoms with Crippen LogP contribution in [0.15, 0.2) is 30.7 Å². The summed E-state index contributed by atoms with van der Waals surface area (Å²) < 4.78 is 29.4. The second-order valence-electron chi connectivity index (χ2n) is 7.93. The fraction of sp³-hybridized carbons (Fsp3) is 0.429.